The van der Waals surface area contributed by atoms with Crippen molar-refractivity contribution in [3.63, 3.8) is 0 Å². The smallest absolute Gasteiger partial charge is 0.418 e. The summed E-state index contributed by atoms with van der Waals surface area (Å²) < 4.78 is 48.6. The van der Waals surface area contributed by atoms with E-state index in [-0.39, 0.29) is 11.5 Å². The lowest BCUT2D eigenvalue weighted by molar-refractivity contribution is -0.137. The van der Waals surface area contributed by atoms with Gasteiger partial charge in [0.15, 0.2) is 0 Å². The number of nitrogens with one attached hydrogen (secondary N) is 1. The number of thiazole rings is 1. The fourth-order valence-corrected chi connectivity index (χ4v) is 8.12. The number of aryl methyl sites for hydroxylation is 1. The third kappa shape index (κ3) is 5.02. The van der Waals surface area contributed by atoms with Crippen molar-refractivity contribution in [1.82, 2.24) is 4.98 Å². The first-order valence-electron chi connectivity index (χ1n) is 12.4. The van der Waals surface area contributed by atoms with Crippen LogP contribution in [-0.4, -0.2) is 22.0 Å². The van der Waals surface area contributed by atoms with Gasteiger partial charge in [0, 0.05) is 20.8 Å². The monoisotopic (exact) mass is 660 g/mol. The Kier molecular flexibility index (Phi) is 7.11. The molecule has 4 aromatic rings. The molecule has 210 valence electrons. The number of alkyl halides is 3. The molecule has 0 spiro atoms. The molecule has 0 aliphatic carbocycles. The van der Waals surface area contributed by atoms with Gasteiger partial charge in [0.1, 0.15) is 17.6 Å². The van der Waals surface area contributed by atoms with Gasteiger partial charge in [-0.1, -0.05) is 81.0 Å². The number of benzene rings is 3. The molecule has 3 aromatic carbocycles. The number of amides is 2. The summed E-state index contributed by atoms with van der Waals surface area (Å²) in [6, 6.07) is 17.6. The van der Waals surface area contributed by atoms with Crippen LogP contribution in [0.25, 0.3) is 0 Å². The summed E-state index contributed by atoms with van der Waals surface area (Å²) in [5.41, 5.74) is 0.973. The number of fused-ring (bicyclic) bond motifs is 2. The molecule has 6 nitrogen and oxygen atoms in total. The van der Waals surface area contributed by atoms with E-state index in [0.717, 1.165) is 46.4 Å². The van der Waals surface area contributed by atoms with E-state index in [9.17, 15) is 27.6 Å². The molecule has 41 heavy (non-hydrogen) atoms. The van der Waals surface area contributed by atoms with Crippen molar-refractivity contribution in [1.29, 1.82) is 0 Å². The maximum atomic E-state index is 14.0. The molecular weight excluding hydrogens is 641 g/mol. The predicted molar refractivity (Wildman–Crippen MR) is 154 cm³/mol. The van der Waals surface area contributed by atoms with Crippen molar-refractivity contribution >= 4 is 56.5 Å². The Bertz CT molecular complexity index is 1740. The third-order valence-electron chi connectivity index (χ3n) is 7.10. The summed E-state index contributed by atoms with van der Waals surface area (Å²) in [5, 5.41) is -0.627. The molecule has 1 fully saturated rings. The highest BCUT2D eigenvalue weighted by atomic mass is 79.9. The number of carbonyl (C=O) groups excluding carboxylic acids is 2. The Morgan fingerprint density at radius 3 is 2.46 bits per heavy atom. The standard InChI is InChI=1S/C29H20BrF3N2O4S2/c1-14-6-8-15(9-7-14)13-39-20-11-10-16(30)12-17(20)21-22-24(40-25-23(21)41-28(38)34-25)27(37)35(26(22)36)19-5-3-2-4-18(19)29(31,32)33/h2-12,21-22,24H,13H2,1H3,(H,34,38). The number of carbonyl (C=O) groups is 2. The number of para-hydroxylation sites is 1. The molecule has 2 amide bonds. The van der Waals surface area contributed by atoms with E-state index in [1.807, 2.05) is 31.2 Å². The first-order valence-corrected chi connectivity index (χ1v) is 14.9. The first kappa shape index (κ1) is 27.8. The third-order valence-corrected chi connectivity index (χ3v) is 9.99. The molecule has 3 heterocycles. The zero-order valence-corrected chi connectivity index (χ0v) is 24.4. The summed E-state index contributed by atoms with van der Waals surface area (Å²) in [4.78, 5) is 43.7. The van der Waals surface area contributed by atoms with Crippen molar-refractivity contribution in [2.45, 2.75) is 35.9 Å². The number of nitrogens with zero attached hydrogens (tertiary/aromatic N) is 1. The van der Waals surface area contributed by atoms with Crippen LogP contribution in [0.1, 0.15) is 33.0 Å². The van der Waals surface area contributed by atoms with Crippen LogP contribution >= 0.6 is 39.0 Å². The highest BCUT2D eigenvalue weighted by Crippen LogP contribution is 2.55. The Labute approximate surface area is 248 Å². The number of ether oxygens (including phenoxy) is 1. The quantitative estimate of drug-likeness (QED) is 0.236. The average Bonchev–Trinajstić information content (AvgIpc) is 3.42. The van der Waals surface area contributed by atoms with Gasteiger partial charge < -0.3 is 9.72 Å². The van der Waals surface area contributed by atoms with Gasteiger partial charge in [-0.25, -0.2) is 4.90 Å². The fourth-order valence-electron chi connectivity index (χ4n) is 5.24. The van der Waals surface area contributed by atoms with Gasteiger partial charge in [0.05, 0.1) is 22.2 Å². The van der Waals surface area contributed by atoms with Crippen LogP contribution in [0, 0.1) is 12.8 Å². The lowest BCUT2D eigenvalue weighted by Gasteiger charge is -2.31. The summed E-state index contributed by atoms with van der Waals surface area (Å²) in [5.74, 6) is -2.97. The molecule has 6 rings (SSSR count). The van der Waals surface area contributed by atoms with E-state index in [1.54, 1.807) is 18.2 Å². The minimum atomic E-state index is -4.78. The largest absolute Gasteiger partial charge is 0.489 e. The van der Waals surface area contributed by atoms with Crippen LogP contribution in [0.4, 0.5) is 18.9 Å². The minimum absolute atomic E-state index is 0.221. The molecule has 0 radical (unpaired) electrons. The molecular formula is C29H20BrF3N2O4S2. The number of aromatic nitrogens is 1. The maximum absolute atomic E-state index is 14.0. The van der Waals surface area contributed by atoms with E-state index >= 15 is 0 Å². The lowest BCUT2D eigenvalue weighted by atomic mass is 9.82. The van der Waals surface area contributed by atoms with Gasteiger partial charge in [-0.05, 0) is 42.8 Å². The van der Waals surface area contributed by atoms with Gasteiger partial charge in [0.25, 0.3) is 0 Å². The molecule has 3 atom stereocenters. The van der Waals surface area contributed by atoms with Crippen LogP contribution in [0.2, 0.25) is 0 Å². The predicted octanol–water partition coefficient (Wildman–Crippen LogP) is 6.90. The molecule has 1 aromatic heterocycles. The second-order valence-electron chi connectivity index (χ2n) is 9.73. The van der Waals surface area contributed by atoms with Gasteiger partial charge >= 0.3 is 11.0 Å². The SMILES string of the molecule is Cc1ccc(COc2ccc(Br)cc2C2c3sc(=O)[nH]c3SC3C(=O)N(c4ccccc4C(F)(F)F)C(=O)C32)cc1. The van der Waals surface area contributed by atoms with Crippen LogP contribution in [0.15, 0.2) is 81.0 Å². The van der Waals surface area contributed by atoms with E-state index in [1.165, 1.54) is 12.1 Å². The molecule has 2 aliphatic rings. The topological polar surface area (TPSA) is 79.5 Å². The van der Waals surface area contributed by atoms with Crippen molar-refractivity contribution in [3.8, 4) is 5.75 Å². The molecule has 2 aliphatic heterocycles. The number of anilines is 1. The second kappa shape index (κ2) is 10.5. The lowest BCUT2D eigenvalue weighted by Crippen LogP contribution is -2.33. The molecule has 0 saturated carbocycles. The maximum Gasteiger partial charge on any atom is 0.418 e. The molecule has 1 saturated heterocycles. The number of halogens is 4. The van der Waals surface area contributed by atoms with Gasteiger partial charge in [-0.15, -0.1) is 0 Å². The van der Waals surface area contributed by atoms with Gasteiger partial charge in [-0.2, -0.15) is 13.2 Å². The zero-order chi connectivity index (χ0) is 29.1. The van der Waals surface area contributed by atoms with Crippen LogP contribution in [0.3, 0.4) is 0 Å². The Morgan fingerprint density at radius 2 is 1.73 bits per heavy atom. The van der Waals surface area contributed by atoms with E-state index in [0.29, 0.717) is 30.6 Å². The number of hydrogen-bond acceptors (Lipinski definition) is 6. The summed E-state index contributed by atoms with van der Waals surface area (Å²) in [6.07, 6.45) is -4.78. The number of aromatic amines is 1. The average molecular weight is 662 g/mol. The number of imide groups is 1. The molecule has 0 bridgehead atoms. The van der Waals surface area contributed by atoms with Crippen molar-refractivity contribution in [2.75, 3.05) is 4.90 Å². The summed E-state index contributed by atoms with van der Waals surface area (Å²) in [7, 11) is 0. The van der Waals surface area contributed by atoms with E-state index in [2.05, 4.69) is 20.9 Å². The first-order chi connectivity index (χ1) is 19.5. The number of rotatable bonds is 5. The zero-order valence-electron chi connectivity index (χ0n) is 21.2. The normalized spacial score (nSPS) is 20.2. The summed E-state index contributed by atoms with van der Waals surface area (Å²) in [6.45, 7) is 2.20. The van der Waals surface area contributed by atoms with Gasteiger partial charge in [0.2, 0.25) is 11.8 Å². The van der Waals surface area contributed by atoms with E-state index in [4.69, 9.17) is 4.74 Å². The van der Waals surface area contributed by atoms with Gasteiger partial charge in [-0.3, -0.25) is 14.4 Å². The minimum Gasteiger partial charge on any atom is -0.489 e. The molecule has 1 N–H and O–H groups in total. The highest BCUT2D eigenvalue weighted by Gasteiger charge is 2.57. The second-order valence-corrected chi connectivity index (χ2v) is 12.8. The van der Waals surface area contributed by atoms with Crippen LogP contribution in [0.5, 0.6) is 5.75 Å². The van der Waals surface area contributed by atoms with Crippen molar-refractivity contribution in [3.05, 3.63) is 108 Å². The number of thioether (sulfide) groups is 1. The van der Waals surface area contributed by atoms with Crippen LogP contribution in [-0.2, 0) is 22.4 Å². The van der Waals surface area contributed by atoms with Crippen molar-refractivity contribution in [2.24, 2.45) is 5.92 Å². The summed E-state index contributed by atoms with van der Waals surface area (Å²) >= 11 is 5.39. The van der Waals surface area contributed by atoms with Crippen molar-refractivity contribution < 1.29 is 27.5 Å². The number of hydrogen-bond donors (Lipinski definition) is 1. The Morgan fingerprint density at radius 1 is 1.00 bits per heavy atom. The van der Waals surface area contributed by atoms with Crippen LogP contribution < -0.4 is 14.5 Å². The molecule has 12 heteroatoms. The Balaban J connectivity index is 1.46. The fraction of sp³-hybridized carbons (Fsp3) is 0.207. The van der Waals surface area contributed by atoms with E-state index < -0.39 is 46.3 Å². The Hall–Kier alpha value is -3.35. The molecule has 3 unspecified atom stereocenters. The number of H-pyrrole nitrogens is 1. The highest BCUT2D eigenvalue weighted by molar-refractivity contribution is 9.10.